The van der Waals surface area contributed by atoms with Crippen molar-refractivity contribution >= 4 is 11.8 Å². The minimum atomic E-state index is 0.337. The molecule has 3 heteroatoms. The second-order valence-electron chi connectivity index (χ2n) is 3.52. The Morgan fingerprint density at radius 2 is 2.06 bits per heavy atom. The molecule has 1 aromatic carbocycles. The lowest BCUT2D eigenvalue weighted by Gasteiger charge is -2.13. The summed E-state index contributed by atoms with van der Waals surface area (Å²) in [6, 6.07) is 12.8. The van der Waals surface area contributed by atoms with Crippen LogP contribution in [-0.4, -0.2) is 12.8 Å². The van der Waals surface area contributed by atoms with Gasteiger partial charge in [0.05, 0.1) is 12.5 Å². The Balaban J connectivity index is 1.94. The third-order valence-electron chi connectivity index (χ3n) is 2.45. The first-order valence-electron chi connectivity index (χ1n) is 5.27. The maximum Gasteiger partial charge on any atom is 0.0950 e. The van der Waals surface area contributed by atoms with Gasteiger partial charge in [0, 0.05) is 22.3 Å². The molecule has 0 bridgehead atoms. The zero-order valence-electron chi connectivity index (χ0n) is 9.22. The number of thioether (sulfide) groups is 1. The highest BCUT2D eigenvalue weighted by Gasteiger charge is 2.10. The van der Waals surface area contributed by atoms with Crippen molar-refractivity contribution in [2.45, 2.75) is 10.9 Å². The van der Waals surface area contributed by atoms with E-state index in [4.69, 9.17) is 4.42 Å². The normalized spacial score (nSPS) is 12.6. The minimum absolute atomic E-state index is 0.337. The Kier molecular flexibility index (Phi) is 4.08. The topological polar surface area (TPSA) is 25.2 Å². The zero-order valence-corrected chi connectivity index (χ0v) is 10.0. The van der Waals surface area contributed by atoms with Crippen LogP contribution in [0.25, 0.3) is 0 Å². The highest BCUT2D eigenvalue weighted by molar-refractivity contribution is 7.99. The molecule has 2 aromatic rings. The number of hydrogen-bond donors (Lipinski definition) is 1. The van der Waals surface area contributed by atoms with E-state index in [1.54, 1.807) is 12.5 Å². The van der Waals surface area contributed by atoms with Crippen molar-refractivity contribution in [1.29, 1.82) is 0 Å². The highest BCUT2D eigenvalue weighted by Crippen LogP contribution is 2.24. The summed E-state index contributed by atoms with van der Waals surface area (Å²) in [5.74, 6) is 1.00. The summed E-state index contributed by atoms with van der Waals surface area (Å²) >= 11 is 1.85. The van der Waals surface area contributed by atoms with Crippen molar-refractivity contribution < 1.29 is 4.42 Å². The van der Waals surface area contributed by atoms with E-state index in [-0.39, 0.29) is 0 Å². The lowest BCUT2D eigenvalue weighted by molar-refractivity contribution is 0.555. The fourth-order valence-corrected chi connectivity index (χ4v) is 2.58. The van der Waals surface area contributed by atoms with Gasteiger partial charge in [-0.1, -0.05) is 18.2 Å². The predicted octanol–water partition coefficient (Wildman–Crippen LogP) is 3.33. The molecule has 0 fully saturated rings. The quantitative estimate of drug-likeness (QED) is 0.802. The molecule has 1 aromatic heterocycles. The van der Waals surface area contributed by atoms with E-state index in [2.05, 4.69) is 29.6 Å². The molecule has 16 heavy (non-hydrogen) atoms. The van der Waals surface area contributed by atoms with Crippen LogP contribution in [0.15, 0.2) is 58.2 Å². The van der Waals surface area contributed by atoms with Crippen molar-refractivity contribution in [1.82, 2.24) is 5.32 Å². The number of benzene rings is 1. The van der Waals surface area contributed by atoms with Crippen LogP contribution in [0.1, 0.15) is 11.6 Å². The fourth-order valence-electron chi connectivity index (χ4n) is 1.52. The van der Waals surface area contributed by atoms with E-state index in [0.29, 0.717) is 6.04 Å². The molecule has 1 heterocycles. The molecule has 2 rings (SSSR count). The van der Waals surface area contributed by atoms with Gasteiger partial charge in [0.15, 0.2) is 0 Å². The number of rotatable bonds is 5. The molecular weight excluding hydrogens is 218 g/mol. The summed E-state index contributed by atoms with van der Waals surface area (Å²) in [5.41, 5.74) is 1.20. The molecule has 2 nitrogen and oxygen atoms in total. The van der Waals surface area contributed by atoms with Crippen molar-refractivity contribution in [3.63, 3.8) is 0 Å². The maximum absolute atomic E-state index is 5.10. The van der Waals surface area contributed by atoms with Gasteiger partial charge >= 0.3 is 0 Å². The van der Waals surface area contributed by atoms with Gasteiger partial charge in [-0.2, -0.15) is 0 Å². The summed E-state index contributed by atoms with van der Waals surface area (Å²) in [6.45, 7) is 0. The van der Waals surface area contributed by atoms with Gasteiger partial charge in [-0.15, -0.1) is 11.8 Å². The molecule has 0 aliphatic carbocycles. The molecule has 1 atom stereocenters. The number of nitrogens with one attached hydrogen (secondary N) is 1. The predicted molar refractivity (Wildman–Crippen MR) is 67.7 cm³/mol. The Hall–Kier alpha value is -1.19. The Morgan fingerprint density at radius 1 is 1.25 bits per heavy atom. The maximum atomic E-state index is 5.10. The molecule has 84 valence electrons. The molecule has 0 saturated carbocycles. The first-order valence-corrected chi connectivity index (χ1v) is 6.26. The van der Waals surface area contributed by atoms with E-state index in [0.717, 1.165) is 5.75 Å². The Bertz CT molecular complexity index is 399. The van der Waals surface area contributed by atoms with Crippen LogP contribution < -0.4 is 5.32 Å². The summed E-state index contributed by atoms with van der Waals surface area (Å²) in [6.07, 6.45) is 3.51. The van der Waals surface area contributed by atoms with Gasteiger partial charge in [0.1, 0.15) is 0 Å². The minimum Gasteiger partial charge on any atom is -0.472 e. The molecule has 1 N–H and O–H groups in total. The number of furan rings is 1. The largest absolute Gasteiger partial charge is 0.472 e. The van der Waals surface area contributed by atoms with Gasteiger partial charge in [-0.25, -0.2) is 0 Å². The van der Waals surface area contributed by atoms with Gasteiger partial charge in [-0.3, -0.25) is 0 Å². The first-order chi connectivity index (χ1) is 7.90. The van der Waals surface area contributed by atoms with E-state index in [9.17, 15) is 0 Å². The second-order valence-corrected chi connectivity index (χ2v) is 4.62. The van der Waals surface area contributed by atoms with Crippen LogP contribution in [0.5, 0.6) is 0 Å². The van der Waals surface area contributed by atoms with Crippen molar-refractivity contribution in [3.05, 3.63) is 54.5 Å². The Labute approximate surface area is 100 Å². The standard InChI is InChI=1S/C13H15NOS/c1-14-13(11-7-8-15-9-11)10-16-12-5-3-2-4-6-12/h2-9,13-14H,10H2,1H3. The van der Waals surface area contributed by atoms with E-state index in [1.807, 2.05) is 30.9 Å². The zero-order chi connectivity index (χ0) is 11.2. The SMILES string of the molecule is CNC(CSc1ccccc1)c1ccoc1. The number of hydrogen-bond acceptors (Lipinski definition) is 3. The summed E-state index contributed by atoms with van der Waals surface area (Å²) < 4.78 is 5.10. The van der Waals surface area contributed by atoms with Crippen LogP contribution in [0.3, 0.4) is 0 Å². The monoisotopic (exact) mass is 233 g/mol. The van der Waals surface area contributed by atoms with Gasteiger partial charge in [-0.05, 0) is 25.2 Å². The summed E-state index contributed by atoms with van der Waals surface area (Å²) in [4.78, 5) is 1.30. The lowest BCUT2D eigenvalue weighted by Crippen LogP contribution is -2.17. The Morgan fingerprint density at radius 3 is 2.69 bits per heavy atom. The molecule has 0 spiro atoms. The van der Waals surface area contributed by atoms with Crippen LogP contribution in [0.2, 0.25) is 0 Å². The van der Waals surface area contributed by atoms with Crippen LogP contribution >= 0.6 is 11.8 Å². The highest BCUT2D eigenvalue weighted by atomic mass is 32.2. The third kappa shape index (κ3) is 2.90. The molecule has 0 radical (unpaired) electrons. The summed E-state index contributed by atoms with van der Waals surface area (Å²) in [5, 5.41) is 3.29. The van der Waals surface area contributed by atoms with Gasteiger partial charge in [0.2, 0.25) is 0 Å². The van der Waals surface area contributed by atoms with E-state index < -0.39 is 0 Å². The molecule has 1 unspecified atom stereocenters. The van der Waals surface area contributed by atoms with Gasteiger partial charge in [0.25, 0.3) is 0 Å². The second kappa shape index (κ2) is 5.77. The van der Waals surface area contributed by atoms with Crippen LogP contribution in [0, 0.1) is 0 Å². The first kappa shape index (κ1) is 11.3. The third-order valence-corrected chi connectivity index (χ3v) is 3.56. The average Bonchev–Trinajstić information content (AvgIpc) is 2.85. The van der Waals surface area contributed by atoms with E-state index in [1.165, 1.54) is 10.5 Å². The van der Waals surface area contributed by atoms with Crippen molar-refractivity contribution in [2.24, 2.45) is 0 Å². The molecule has 0 saturated heterocycles. The smallest absolute Gasteiger partial charge is 0.0950 e. The van der Waals surface area contributed by atoms with E-state index >= 15 is 0 Å². The summed E-state index contributed by atoms with van der Waals surface area (Å²) in [7, 11) is 1.98. The van der Waals surface area contributed by atoms with Gasteiger partial charge < -0.3 is 9.73 Å². The molecule has 0 aliphatic rings. The lowest BCUT2D eigenvalue weighted by atomic mass is 10.2. The molecular formula is C13H15NOS. The average molecular weight is 233 g/mol. The molecule has 0 amide bonds. The van der Waals surface area contributed by atoms with Crippen molar-refractivity contribution in [2.75, 3.05) is 12.8 Å². The molecule has 0 aliphatic heterocycles. The van der Waals surface area contributed by atoms with Crippen LogP contribution in [-0.2, 0) is 0 Å². The van der Waals surface area contributed by atoms with Crippen molar-refractivity contribution in [3.8, 4) is 0 Å². The van der Waals surface area contributed by atoms with Crippen LogP contribution in [0.4, 0.5) is 0 Å². The fraction of sp³-hybridized carbons (Fsp3) is 0.231.